The Morgan fingerprint density at radius 3 is 3.05 bits per heavy atom. The molecular formula is C15H17NO3S. The molecule has 2 aromatic rings. The summed E-state index contributed by atoms with van der Waals surface area (Å²) in [6.07, 6.45) is 0.656. The Labute approximate surface area is 121 Å². The summed E-state index contributed by atoms with van der Waals surface area (Å²) in [6, 6.07) is 6.13. The summed E-state index contributed by atoms with van der Waals surface area (Å²) in [5.74, 6) is 0.907. The standard InChI is InChI=1S/C15H17NO3S/c1-3-19-15(17)16-8-7-10-11-5-4-6-12(18-2)14(11)20-13(10)9-16/h4-6H,3,7-9H2,1-2H3. The minimum absolute atomic E-state index is 0.220. The summed E-state index contributed by atoms with van der Waals surface area (Å²) in [5, 5.41) is 1.26. The molecule has 1 aliphatic heterocycles. The number of carbonyl (C=O) groups is 1. The van der Waals surface area contributed by atoms with Gasteiger partial charge in [0.15, 0.2) is 0 Å². The fourth-order valence-corrected chi connectivity index (χ4v) is 3.98. The van der Waals surface area contributed by atoms with E-state index in [2.05, 4.69) is 6.07 Å². The lowest BCUT2D eigenvalue weighted by molar-refractivity contribution is 0.103. The quantitative estimate of drug-likeness (QED) is 0.851. The van der Waals surface area contributed by atoms with Gasteiger partial charge in [-0.2, -0.15) is 0 Å². The van der Waals surface area contributed by atoms with Crippen molar-refractivity contribution >= 4 is 27.5 Å². The van der Waals surface area contributed by atoms with Crippen LogP contribution in [0.2, 0.25) is 0 Å². The van der Waals surface area contributed by atoms with Gasteiger partial charge in [0.1, 0.15) is 5.75 Å². The summed E-state index contributed by atoms with van der Waals surface area (Å²) in [4.78, 5) is 14.8. The van der Waals surface area contributed by atoms with E-state index in [-0.39, 0.29) is 6.09 Å². The number of thiophene rings is 1. The van der Waals surface area contributed by atoms with Crippen LogP contribution in [0, 0.1) is 0 Å². The molecule has 0 aliphatic carbocycles. The molecule has 0 unspecified atom stereocenters. The van der Waals surface area contributed by atoms with Gasteiger partial charge in [0.25, 0.3) is 0 Å². The van der Waals surface area contributed by atoms with Crippen LogP contribution in [0.4, 0.5) is 4.79 Å². The number of hydrogen-bond acceptors (Lipinski definition) is 4. The molecule has 3 rings (SSSR count). The Hall–Kier alpha value is -1.75. The van der Waals surface area contributed by atoms with Gasteiger partial charge in [-0.1, -0.05) is 12.1 Å². The molecule has 0 fully saturated rings. The number of amides is 1. The van der Waals surface area contributed by atoms with Crippen LogP contribution in [0.3, 0.4) is 0 Å². The first-order valence-corrected chi connectivity index (χ1v) is 7.55. The molecule has 20 heavy (non-hydrogen) atoms. The predicted molar refractivity (Wildman–Crippen MR) is 79.5 cm³/mol. The largest absolute Gasteiger partial charge is 0.495 e. The van der Waals surface area contributed by atoms with Gasteiger partial charge in [-0.15, -0.1) is 11.3 Å². The number of rotatable bonds is 2. The van der Waals surface area contributed by atoms with E-state index in [4.69, 9.17) is 9.47 Å². The van der Waals surface area contributed by atoms with Gasteiger partial charge in [0.05, 0.1) is 25.0 Å². The molecule has 1 amide bonds. The highest BCUT2D eigenvalue weighted by Gasteiger charge is 2.25. The molecular weight excluding hydrogens is 274 g/mol. The van der Waals surface area contributed by atoms with Gasteiger partial charge in [-0.3, -0.25) is 0 Å². The monoisotopic (exact) mass is 291 g/mol. The Morgan fingerprint density at radius 1 is 1.45 bits per heavy atom. The zero-order chi connectivity index (χ0) is 14.1. The van der Waals surface area contributed by atoms with Crippen molar-refractivity contribution in [2.24, 2.45) is 0 Å². The number of ether oxygens (including phenoxy) is 2. The van der Waals surface area contributed by atoms with Crippen molar-refractivity contribution in [2.45, 2.75) is 19.9 Å². The minimum Gasteiger partial charge on any atom is -0.495 e. The summed E-state index contributed by atoms with van der Waals surface area (Å²) in [5.41, 5.74) is 1.35. The average molecular weight is 291 g/mol. The third-order valence-corrected chi connectivity index (χ3v) is 4.83. The summed E-state index contributed by atoms with van der Waals surface area (Å²) < 4.78 is 11.7. The van der Waals surface area contributed by atoms with E-state index < -0.39 is 0 Å². The molecule has 1 aromatic carbocycles. The van der Waals surface area contributed by atoms with Gasteiger partial charge in [-0.05, 0) is 30.4 Å². The number of fused-ring (bicyclic) bond motifs is 3. The van der Waals surface area contributed by atoms with Crippen molar-refractivity contribution in [1.29, 1.82) is 0 Å². The third kappa shape index (κ3) is 2.12. The second kappa shape index (κ2) is 5.32. The van der Waals surface area contributed by atoms with Crippen molar-refractivity contribution in [3.8, 4) is 5.75 Å². The van der Waals surface area contributed by atoms with Crippen LogP contribution >= 0.6 is 11.3 Å². The first-order chi connectivity index (χ1) is 9.74. The molecule has 106 valence electrons. The van der Waals surface area contributed by atoms with Crippen LogP contribution in [-0.4, -0.2) is 31.3 Å². The van der Waals surface area contributed by atoms with Crippen LogP contribution < -0.4 is 4.74 Å². The van der Waals surface area contributed by atoms with Crippen molar-refractivity contribution in [3.63, 3.8) is 0 Å². The lowest BCUT2D eigenvalue weighted by Crippen LogP contribution is -2.35. The summed E-state index contributed by atoms with van der Waals surface area (Å²) in [6.45, 7) is 3.60. The maximum absolute atomic E-state index is 11.8. The molecule has 0 radical (unpaired) electrons. The van der Waals surface area contributed by atoms with Gasteiger partial charge < -0.3 is 14.4 Å². The van der Waals surface area contributed by atoms with Crippen molar-refractivity contribution in [2.75, 3.05) is 20.3 Å². The maximum atomic E-state index is 11.8. The van der Waals surface area contributed by atoms with Crippen LogP contribution in [0.1, 0.15) is 17.4 Å². The normalized spacial score (nSPS) is 14.2. The van der Waals surface area contributed by atoms with E-state index in [1.165, 1.54) is 20.5 Å². The topological polar surface area (TPSA) is 38.8 Å². The number of methoxy groups -OCH3 is 1. The smallest absolute Gasteiger partial charge is 0.410 e. The summed E-state index contributed by atoms with van der Waals surface area (Å²) in [7, 11) is 1.69. The molecule has 0 bridgehead atoms. The van der Waals surface area contributed by atoms with E-state index >= 15 is 0 Å². The molecule has 2 heterocycles. The third-order valence-electron chi connectivity index (χ3n) is 3.58. The number of hydrogen-bond donors (Lipinski definition) is 0. The molecule has 0 saturated carbocycles. The second-order valence-corrected chi connectivity index (χ2v) is 5.82. The predicted octanol–water partition coefficient (Wildman–Crippen LogP) is 3.42. The lowest BCUT2D eigenvalue weighted by Gasteiger charge is -2.26. The van der Waals surface area contributed by atoms with Crippen molar-refractivity contribution in [1.82, 2.24) is 4.90 Å². The Balaban J connectivity index is 1.96. The minimum atomic E-state index is -0.220. The van der Waals surface area contributed by atoms with Crippen LogP contribution in [-0.2, 0) is 17.7 Å². The van der Waals surface area contributed by atoms with Crippen LogP contribution in [0.15, 0.2) is 18.2 Å². The first-order valence-electron chi connectivity index (χ1n) is 6.73. The van der Waals surface area contributed by atoms with E-state index in [1.807, 2.05) is 19.1 Å². The SMILES string of the molecule is CCOC(=O)N1CCc2c(sc3c(OC)cccc23)C1. The second-order valence-electron chi connectivity index (χ2n) is 4.71. The fraction of sp³-hybridized carbons (Fsp3) is 0.400. The first kappa shape index (κ1) is 13.2. The number of benzene rings is 1. The highest BCUT2D eigenvalue weighted by Crippen LogP contribution is 2.39. The molecule has 0 spiro atoms. The Kier molecular flexibility index (Phi) is 3.53. The van der Waals surface area contributed by atoms with E-state index in [9.17, 15) is 4.79 Å². The van der Waals surface area contributed by atoms with Crippen molar-refractivity contribution in [3.05, 3.63) is 28.6 Å². The van der Waals surface area contributed by atoms with Gasteiger partial charge in [0, 0.05) is 11.4 Å². The number of nitrogens with zero attached hydrogens (tertiary/aromatic N) is 1. The zero-order valence-electron chi connectivity index (χ0n) is 11.6. The molecule has 5 heteroatoms. The molecule has 0 N–H and O–H groups in total. The Bertz CT molecular complexity index is 650. The zero-order valence-corrected chi connectivity index (χ0v) is 12.5. The van der Waals surface area contributed by atoms with Crippen LogP contribution in [0.5, 0.6) is 5.75 Å². The van der Waals surface area contributed by atoms with Crippen LogP contribution in [0.25, 0.3) is 10.1 Å². The fourth-order valence-electron chi connectivity index (χ4n) is 2.63. The lowest BCUT2D eigenvalue weighted by atomic mass is 10.0. The van der Waals surface area contributed by atoms with Gasteiger partial charge >= 0.3 is 6.09 Å². The highest BCUT2D eigenvalue weighted by atomic mass is 32.1. The molecule has 0 saturated heterocycles. The molecule has 1 aromatic heterocycles. The maximum Gasteiger partial charge on any atom is 0.410 e. The number of carbonyl (C=O) groups excluding carboxylic acids is 1. The van der Waals surface area contributed by atoms with Gasteiger partial charge in [-0.25, -0.2) is 4.79 Å². The van der Waals surface area contributed by atoms with Gasteiger partial charge in [0.2, 0.25) is 0 Å². The van der Waals surface area contributed by atoms with Crippen molar-refractivity contribution < 1.29 is 14.3 Å². The average Bonchev–Trinajstić information content (AvgIpc) is 2.85. The molecule has 0 atom stereocenters. The Morgan fingerprint density at radius 2 is 2.30 bits per heavy atom. The molecule has 4 nitrogen and oxygen atoms in total. The van der Waals surface area contributed by atoms with E-state index in [1.54, 1.807) is 23.3 Å². The van der Waals surface area contributed by atoms with E-state index in [0.717, 1.165) is 18.7 Å². The van der Waals surface area contributed by atoms with E-state index in [0.29, 0.717) is 13.2 Å². The highest BCUT2D eigenvalue weighted by molar-refractivity contribution is 7.19. The molecule has 1 aliphatic rings. The summed E-state index contributed by atoms with van der Waals surface area (Å²) >= 11 is 1.72.